The molecule has 0 amide bonds. The number of ether oxygens (including phenoxy) is 1. The van der Waals surface area contributed by atoms with Gasteiger partial charge in [0.25, 0.3) is 0 Å². The predicted octanol–water partition coefficient (Wildman–Crippen LogP) is 1.12. The molecule has 1 aromatic heterocycles. The molecule has 0 aliphatic carbocycles. The molecule has 1 aliphatic heterocycles. The number of aryl methyl sites for hydroxylation is 1. The fourth-order valence-corrected chi connectivity index (χ4v) is 2.83. The number of thioether (sulfide) groups is 1. The van der Waals surface area contributed by atoms with Gasteiger partial charge in [-0.25, -0.2) is 0 Å². The Morgan fingerprint density at radius 1 is 1.62 bits per heavy atom. The molecule has 0 aromatic carbocycles. The molecular formula is C14H25N5OS. The third-order valence-electron chi connectivity index (χ3n) is 3.48. The zero-order valence-electron chi connectivity index (χ0n) is 13.1. The molecule has 0 saturated carbocycles. The van der Waals surface area contributed by atoms with E-state index < -0.39 is 0 Å². The number of morpholine rings is 1. The van der Waals surface area contributed by atoms with Crippen molar-refractivity contribution in [2.45, 2.75) is 12.5 Å². The smallest absolute Gasteiger partial charge is 0.193 e. The molecule has 21 heavy (non-hydrogen) atoms. The van der Waals surface area contributed by atoms with Gasteiger partial charge in [-0.15, -0.1) is 0 Å². The highest BCUT2D eigenvalue weighted by Gasteiger charge is 2.24. The molecule has 7 heteroatoms. The van der Waals surface area contributed by atoms with E-state index in [0.717, 1.165) is 37.6 Å². The van der Waals surface area contributed by atoms with Crippen LogP contribution in [0.25, 0.3) is 0 Å². The summed E-state index contributed by atoms with van der Waals surface area (Å²) < 4.78 is 7.68. The van der Waals surface area contributed by atoms with Crippen LogP contribution in [0.4, 0.5) is 0 Å². The summed E-state index contributed by atoms with van der Waals surface area (Å²) in [5.41, 5.74) is 1.13. The van der Waals surface area contributed by atoms with E-state index in [-0.39, 0.29) is 6.10 Å². The minimum Gasteiger partial charge on any atom is -0.370 e. The van der Waals surface area contributed by atoms with Gasteiger partial charge in [-0.05, 0) is 18.4 Å². The van der Waals surface area contributed by atoms with Crippen LogP contribution in [-0.2, 0) is 11.8 Å². The maximum atomic E-state index is 5.86. The Kier molecular flexibility index (Phi) is 6.38. The lowest BCUT2D eigenvalue weighted by Crippen LogP contribution is -2.48. The molecule has 118 valence electrons. The molecule has 1 aromatic rings. The topological polar surface area (TPSA) is 54.7 Å². The van der Waals surface area contributed by atoms with Crippen LogP contribution in [-0.4, -0.2) is 65.9 Å². The van der Waals surface area contributed by atoms with Gasteiger partial charge >= 0.3 is 0 Å². The van der Waals surface area contributed by atoms with Gasteiger partial charge in [-0.2, -0.15) is 16.9 Å². The summed E-state index contributed by atoms with van der Waals surface area (Å²) in [7, 11) is 3.77. The number of nitrogens with zero attached hydrogens (tertiary/aromatic N) is 4. The Balaban J connectivity index is 1.89. The molecule has 1 atom stereocenters. The fourth-order valence-electron chi connectivity index (χ4n) is 2.40. The molecule has 0 bridgehead atoms. The molecule has 2 rings (SSSR count). The zero-order valence-corrected chi connectivity index (χ0v) is 13.9. The fraction of sp³-hybridized carbons (Fsp3) is 0.714. The van der Waals surface area contributed by atoms with Crippen LogP contribution >= 0.6 is 11.8 Å². The van der Waals surface area contributed by atoms with E-state index in [1.165, 1.54) is 5.75 Å². The molecule has 2 heterocycles. The molecule has 6 nitrogen and oxygen atoms in total. The molecule has 1 aliphatic rings. The summed E-state index contributed by atoms with van der Waals surface area (Å²) in [4.78, 5) is 6.66. The maximum absolute atomic E-state index is 5.86. The SMILES string of the molecule is CN=C(NCCCSC)N1CCOC(c2cnn(C)c2)C1. The van der Waals surface area contributed by atoms with Crippen LogP contribution in [0.5, 0.6) is 0 Å². The zero-order chi connectivity index (χ0) is 15.1. The first-order valence-electron chi connectivity index (χ1n) is 7.29. The average Bonchev–Trinajstić information content (AvgIpc) is 2.94. The second-order valence-corrected chi connectivity index (χ2v) is 6.06. The Morgan fingerprint density at radius 2 is 2.48 bits per heavy atom. The van der Waals surface area contributed by atoms with Crippen LogP contribution in [0.3, 0.4) is 0 Å². The van der Waals surface area contributed by atoms with Crippen molar-refractivity contribution in [3.63, 3.8) is 0 Å². The standard InChI is InChI=1S/C14H25N5OS/c1-15-14(16-5-4-8-21-3)19-6-7-20-13(11-19)12-9-17-18(2)10-12/h9-10,13H,4-8,11H2,1-3H3,(H,15,16). The van der Waals surface area contributed by atoms with Crippen molar-refractivity contribution < 1.29 is 4.74 Å². The van der Waals surface area contributed by atoms with Crippen LogP contribution in [0, 0.1) is 0 Å². The highest BCUT2D eigenvalue weighted by Crippen LogP contribution is 2.21. The predicted molar refractivity (Wildman–Crippen MR) is 87.8 cm³/mol. The first-order chi connectivity index (χ1) is 10.2. The van der Waals surface area contributed by atoms with Crippen LogP contribution in [0.15, 0.2) is 17.4 Å². The number of aromatic nitrogens is 2. The summed E-state index contributed by atoms with van der Waals surface area (Å²) in [6.07, 6.45) is 7.24. The lowest BCUT2D eigenvalue weighted by Gasteiger charge is -2.34. The Hall–Kier alpha value is -1.21. The third kappa shape index (κ3) is 4.64. The van der Waals surface area contributed by atoms with Gasteiger partial charge in [0, 0.05) is 38.9 Å². The summed E-state index contributed by atoms with van der Waals surface area (Å²) in [5, 5.41) is 7.66. The highest BCUT2D eigenvalue weighted by atomic mass is 32.2. The average molecular weight is 311 g/mol. The van der Waals surface area contributed by atoms with E-state index in [1.807, 2.05) is 42.9 Å². The first kappa shape index (κ1) is 16.2. The minimum atomic E-state index is 0.0668. The molecule has 1 unspecified atom stereocenters. The Labute approximate surface area is 130 Å². The lowest BCUT2D eigenvalue weighted by molar-refractivity contribution is -0.00801. The van der Waals surface area contributed by atoms with Crippen molar-refractivity contribution >= 4 is 17.7 Å². The molecule has 1 N–H and O–H groups in total. The summed E-state index contributed by atoms with van der Waals surface area (Å²) >= 11 is 1.87. The summed E-state index contributed by atoms with van der Waals surface area (Å²) in [6.45, 7) is 3.36. The number of aliphatic imine (C=N–C) groups is 1. The van der Waals surface area contributed by atoms with E-state index >= 15 is 0 Å². The summed E-state index contributed by atoms with van der Waals surface area (Å²) in [5.74, 6) is 2.14. The van der Waals surface area contributed by atoms with E-state index in [4.69, 9.17) is 4.74 Å². The number of nitrogens with one attached hydrogen (secondary N) is 1. The third-order valence-corrected chi connectivity index (χ3v) is 4.18. The Morgan fingerprint density at radius 3 is 3.14 bits per heavy atom. The molecule has 1 fully saturated rings. The molecule has 0 radical (unpaired) electrons. The quantitative estimate of drug-likeness (QED) is 0.502. The maximum Gasteiger partial charge on any atom is 0.193 e. The van der Waals surface area contributed by atoms with E-state index in [0.29, 0.717) is 6.61 Å². The lowest BCUT2D eigenvalue weighted by atomic mass is 10.1. The molecule has 0 spiro atoms. The van der Waals surface area contributed by atoms with Gasteiger partial charge in [-0.3, -0.25) is 9.67 Å². The van der Waals surface area contributed by atoms with Gasteiger partial charge in [-0.1, -0.05) is 0 Å². The van der Waals surface area contributed by atoms with Crippen LogP contribution < -0.4 is 5.32 Å². The first-order valence-corrected chi connectivity index (χ1v) is 8.68. The van der Waals surface area contributed by atoms with Crippen molar-refractivity contribution in [2.24, 2.45) is 12.0 Å². The second-order valence-electron chi connectivity index (χ2n) is 5.07. The number of hydrogen-bond acceptors (Lipinski definition) is 4. The van der Waals surface area contributed by atoms with Crippen LogP contribution in [0.1, 0.15) is 18.1 Å². The van der Waals surface area contributed by atoms with Gasteiger partial charge in [0.1, 0.15) is 6.10 Å². The van der Waals surface area contributed by atoms with Crippen molar-refractivity contribution in [1.82, 2.24) is 20.0 Å². The van der Waals surface area contributed by atoms with Crippen LogP contribution in [0.2, 0.25) is 0 Å². The van der Waals surface area contributed by atoms with Crippen molar-refractivity contribution in [1.29, 1.82) is 0 Å². The van der Waals surface area contributed by atoms with Crippen molar-refractivity contribution in [3.05, 3.63) is 18.0 Å². The number of hydrogen-bond donors (Lipinski definition) is 1. The van der Waals surface area contributed by atoms with E-state index in [1.54, 1.807) is 0 Å². The van der Waals surface area contributed by atoms with E-state index in [9.17, 15) is 0 Å². The van der Waals surface area contributed by atoms with Gasteiger partial charge in [0.2, 0.25) is 0 Å². The number of guanidine groups is 1. The molecule has 1 saturated heterocycles. The van der Waals surface area contributed by atoms with Gasteiger partial charge in [0.05, 0.1) is 19.3 Å². The summed E-state index contributed by atoms with van der Waals surface area (Å²) in [6, 6.07) is 0. The monoisotopic (exact) mass is 311 g/mol. The highest BCUT2D eigenvalue weighted by molar-refractivity contribution is 7.98. The molecular weight excluding hydrogens is 286 g/mol. The normalized spacial score (nSPS) is 19.9. The van der Waals surface area contributed by atoms with E-state index in [2.05, 4.69) is 26.6 Å². The van der Waals surface area contributed by atoms with Gasteiger partial charge in [0.15, 0.2) is 5.96 Å². The largest absolute Gasteiger partial charge is 0.370 e. The Bertz CT molecular complexity index is 462. The van der Waals surface area contributed by atoms with Crippen molar-refractivity contribution in [2.75, 3.05) is 45.3 Å². The van der Waals surface area contributed by atoms with Gasteiger partial charge < -0.3 is 15.0 Å². The second kappa shape index (κ2) is 8.29. The van der Waals surface area contributed by atoms with Crippen molar-refractivity contribution in [3.8, 4) is 0 Å². The number of rotatable bonds is 5. The minimum absolute atomic E-state index is 0.0668.